The van der Waals surface area contributed by atoms with Gasteiger partial charge in [-0.15, -0.1) is 0 Å². The summed E-state index contributed by atoms with van der Waals surface area (Å²) in [5.41, 5.74) is 1.51. The average molecular weight is 615 g/mol. The monoisotopic (exact) mass is 614 g/mol. The SMILES string of the molecule is COC(=O)[C@]12C[C@H](CC(=O)NCCCCc3ccccc3)C(=O)N(Cc3ccco3)C1=C[C@H](COCc1ccccc1)O[C@@H]2C. The number of methoxy groups -OCH3 is 1. The highest BCUT2D eigenvalue weighted by Crippen LogP contribution is 2.50. The number of furan rings is 1. The van der Waals surface area contributed by atoms with E-state index in [0.29, 0.717) is 24.6 Å². The summed E-state index contributed by atoms with van der Waals surface area (Å²) >= 11 is 0. The number of unbranched alkanes of at least 4 members (excludes halogenated alkanes) is 1. The highest BCUT2D eigenvalue weighted by molar-refractivity contribution is 5.92. The van der Waals surface area contributed by atoms with Crippen LogP contribution < -0.4 is 5.32 Å². The number of ether oxygens (including phenoxy) is 3. The first kappa shape index (κ1) is 32.2. The van der Waals surface area contributed by atoms with Gasteiger partial charge in [-0.05, 0) is 61.9 Å². The van der Waals surface area contributed by atoms with E-state index in [-0.39, 0.29) is 37.8 Å². The summed E-state index contributed by atoms with van der Waals surface area (Å²) < 4.78 is 23.3. The van der Waals surface area contributed by atoms with Crippen LogP contribution in [0.4, 0.5) is 0 Å². The van der Waals surface area contributed by atoms with Crippen molar-refractivity contribution in [2.75, 3.05) is 20.3 Å². The maximum absolute atomic E-state index is 14.1. The van der Waals surface area contributed by atoms with Crippen LogP contribution in [0.2, 0.25) is 0 Å². The number of nitrogens with zero attached hydrogens (tertiary/aromatic N) is 1. The molecule has 45 heavy (non-hydrogen) atoms. The summed E-state index contributed by atoms with van der Waals surface area (Å²) in [7, 11) is 1.33. The third-order valence-corrected chi connectivity index (χ3v) is 8.67. The summed E-state index contributed by atoms with van der Waals surface area (Å²) in [5.74, 6) is -1.17. The lowest BCUT2D eigenvalue weighted by Gasteiger charge is -2.51. The summed E-state index contributed by atoms with van der Waals surface area (Å²) in [6.07, 6.45) is 4.94. The quantitative estimate of drug-likeness (QED) is 0.196. The Bertz CT molecular complexity index is 1440. The topological polar surface area (TPSA) is 107 Å². The zero-order valence-corrected chi connectivity index (χ0v) is 26.0. The molecule has 2 amide bonds. The first-order chi connectivity index (χ1) is 21.9. The van der Waals surface area contributed by atoms with Gasteiger partial charge in [0.05, 0.1) is 39.2 Å². The van der Waals surface area contributed by atoms with Crippen molar-refractivity contribution >= 4 is 17.8 Å². The summed E-state index contributed by atoms with van der Waals surface area (Å²) in [5, 5.41) is 2.97. The predicted octanol–water partition coefficient (Wildman–Crippen LogP) is 5.20. The van der Waals surface area contributed by atoms with Crippen molar-refractivity contribution in [3.63, 3.8) is 0 Å². The van der Waals surface area contributed by atoms with Crippen molar-refractivity contribution in [2.45, 2.75) is 64.4 Å². The molecule has 1 N–H and O–H groups in total. The Morgan fingerprint density at radius 3 is 2.42 bits per heavy atom. The van der Waals surface area contributed by atoms with E-state index in [2.05, 4.69) is 17.4 Å². The summed E-state index contributed by atoms with van der Waals surface area (Å²) in [6, 6.07) is 23.6. The number of amides is 2. The molecule has 3 aromatic rings. The summed E-state index contributed by atoms with van der Waals surface area (Å²) in [6.45, 7) is 3.08. The van der Waals surface area contributed by atoms with Crippen molar-refractivity contribution in [3.8, 4) is 0 Å². The van der Waals surface area contributed by atoms with Gasteiger partial charge in [0.2, 0.25) is 11.8 Å². The van der Waals surface area contributed by atoms with Crippen LogP contribution in [0.25, 0.3) is 0 Å². The zero-order valence-electron chi connectivity index (χ0n) is 26.0. The number of hydrogen-bond donors (Lipinski definition) is 1. The molecule has 238 valence electrons. The lowest BCUT2D eigenvalue weighted by Crippen LogP contribution is -2.60. The van der Waals surface area contributed by atoms with Gasteiger partial charge in [0, 0.05) is 24.6 Å². The van der Waals surface area contributed by atoms with E-state index in [0.717, 1.165) is 24.8 Å². The highest BCUT2D eigenvalue weighted by atomic mass is 16.6. The molecule has 2 aliphatic heterocycles. The number of benzene rings is 2. The normalized spacial score (nSPS) is 22.8. The molecule has 5 rings (SSSR count). The minimum atomic E-state index is -1.29. The number of carbonyl (C=O) groups excluding carboxylic acids is 3. The van der Waals surface area contributed by atoms with Crippen LogP contribution in [0.15, 0.2) is 95.2 Å². The van der Waals surface area contributed by atoms with Crippen molar-refractivity contribution in [3.05, 3.63) is 108 Å². The van der Waals surface area contributed by atoms with Crippen LogP contribution in [-0.4, -0.2) is 55.2 Å². The minimum Gasteiger partial charge on any atom is -0.468 e. The number of hydrogen-bond acceptors (Lipinski definition) is 7. The Hall–Kier alpha value is -4.21. The molecule has 1 aromatic heterocycles. The second-order valence-corrected chi connectivity index (χ2v) is 11.7. The molecule has 4 atom stereocenters. The van der Waals surface area contributed by atoms with Crippen LogP contribution in [-0.2, 0) is 48.2 Å². The number of rotatable bonds is 14. The Labute approximate surface area is 264 Å². The van der Waals surface area contributed by atoms with E-state index in [1.807, 2.05) is 55.5 Å². The highest BCUT2D eigenvalue weighted by Gasteiger charge is 2.59. The number of aryl methyl sites for hydroxylation is 1. The third kappa shape index (κ3) is 7.72. The molecule has 2 aliphatic rings. The molecule has 0 radical (unpaired) electrons. The molecule has 0 saturated carbocycles. The molecular formula is C36H42N2O7. The van der Waals surface area contributed by atoms with E-state index in [1.54, 1.807) is 29.4 Å². The smallest absolute Gasteiger partial charge is 0.320 e. The van der Waals surface area contributed by atoms with E-state index >= 15 is 0 Å². The van der Waals surface area contributed by atoms with E-state index in [1.165, 1.54) is 12.7 Å². The van der Waals surface area contributed by atoms with Gasteiger partial charge in [0.15, 0.2) is 0 Å². The molecular weight excluding hydrogens is 572 g/mol. The van der Waals surface area contributed by atoms with Crippen LogP contribution >= 0.6 is 0 Å². The fourth-order valence-electron chi connectivity index (χ4n) is 6.36. The largest absolute Gasteiger partial charge is 0.468 e. The Morgan fingerprint density at radius 2 is 1.73 bits per heavy atom. The number of piperidine rings is 1. The van der Waals surface area contributed by atoms with Gasteiger partial charge in [-0.1, -0.05) is 60.7 Å². The van der Waals surface area contributed by atoms with E-state index in [4.69, 9.17) is 18.6 Å². The molecule has 0 aliphatic carbocycles. The van der Waals surface area contributed by atoms with Crippen LogP contribution in [0.5, 0.6) is 0 Å². The third-order valence-electron chi connectivity index (χ3n) is 8.67. The second kappa shape index (κ2) is 15.2. The van der Waals surface area contributed by atoms with Crippen molar-refractivity contribution in [2.24, 2.45) is 11.3 Å². The molecule has 1 fully saturated rings. The molecule has 3 heterocycles. The molecule has 0 spiro atoms. The van der Waals surface area contributed by atoms with Gasteiger partial charge in [0.1, 0.15) is 17.3 Å². The van der Waals surface area contributed by atoms with Gasteiger partial charge in [-0.3, -0.25) is 14.4 Å². The van der Waals surface area contributed by atoms with E-state index < -0.39 is 29.5 Å². The Balaban J connectivity index is 1.31. The number of nitrogens with one attached hydrogen (secondary N) is 1. The van der Waals surface area contributed by atoms with Crippen molar-refractivity contribution < 1.29 is 33.0 Å². The van der Waals surface area contributed by atoms with Gasteiger partial charge in [-0.2, -0.15) is 0 Å². The minimum absolute atomic E-state index is 0.0471. The van der Waals surface area contributed by atoms with Gasteiger partial charge in [0.25, 0.3) is 0 Å². The number of likely N-dealkylation sites (tertiary alicyclic amines) is 1. The maximum Gasteiger partial charge on any atom is 0.320 e. The fourth-order valence-corrected chi connectivity index (χ4v) is 6.36. The standard InChI is InChI=1S/C36H42N2O7/c1-26-36(35(41)42-2)22-29(20-33(39)37-18-10-9-14-27-12-5-3-6-13-27)34(40)38(23-30-17-11-19-44-30)32(36)21-31(45-26)25-43-24-28-15-7-4-8-16-28/h3-8,11-13,15-17,19,21,26,29,31H,9-10,14,18,20,22-25H2,1-2H3,(H,37,39)/t26-,29+,31-,36+/m1/s1. The first-order valence-corrected chi connectivity index (χ1v) is 15.6. The van der Waals surface area contributed by atoms with Gasteiger partial charge >= 0.3 is 5.97 Å². The first-order valence-electron chi connectivity index (χ1n) is 15.6. The molecule has 9 heteroatoms. The lowest BCUT2D eigenvalue weighted by molar-refractivity contribution is -0.178. The van der Waals surface area contributed by atoms with Gasteiger partial charge in [-0.25, -0.2) is 0 Å². The molecule has 0 bridgehead atoms. The number of esters is 1. The van der Waals surface area contributed by atoms with Gasteiger partial charge < -0.3 is 28.8 Å². The predicted molar refractivity (Wildman–Crippen MR) is 167 cm³/mol. The molecule has 1 saturated heterocycles. The number of fused-ring (bicyclic) bond motifs is 1. The van der Waals surface area contributed by atoms with Crippen molar-refractivity contribution in [1.82, 2.24) is 10.2 Å². The van der Waals surface area contributed by atoms with Crippen LogP contribution in [0.3, 0.4) is 0 Å². The van der Waals surface area contributed by atoms with Crippen LogP contribution in [0.1, 0.15) is 49.5 Å². The fraction of sp³-hybridized carbons (Fsp3) is 0.417. The molecule has 0 unspecified atom stereocenters. The summed E-state index contributed by atoms with van der Waals surface area (Å²) in [4.78, 5) is 42.4. The molecule has 9 nitrogen and oxygen atoms in total. The maximum atomic E-state index is 14.1. The Kier molecular flexibility index (Phi) is 10.9. The average Bonchev–Trinajstić information content (AvgIpc) is 3.57. The molecule has 2 aromatic carbocycles. The number of carbonyl (C=O) groups is 3. The second-order valence-electron chi connectivity index (χ2n) is 11.7. The van der Waals surface area contributed by atoms with Crippen molar-refractivity contribution in [1.29, 1.82) is 0 Å². The lowest BCUT2D eigenvalue weighted by atomic mass is 9.66. The van der Waals surface area contributed by atoms with E-state index in [9.17, 15) is 14.4 Å². The Morgan fingerprint density at radius 1 is 1.00 bits per heavy atom. The zero-order chi connectivity index (χ0) is 31.6. The van der Waals surface area contributed by atoms with Crippen LogP contribution in [0, 0.1) is 11.3 Å².